The monoisotopic (exact) mass is 179 g/mol. The Labute approximate surface area is 73.6 Å². The molecular formula is C7H6BNO2S. The Morgan fingerprint density at radius 3 is 2.75 bits per heavy atom. The first-order chi connectivity index (χ1) is 5.79. The molecule has 0 unspecified atom stereocenters. The maximum atomic E-state index is 8.94. The highest BCUT2D eigenvalue weighted by molar-refractivity contribution is 7.19. The summed E-state index contributed by atoms with van der Waals surface area (Å²) in [5.74, 6) is 0. The van der Waals surface area contributed by atoms with E-state index in [2.05, 4.69) is 4.37 Å². The molecule has 0 atom stereocenters. The molecule has 0 fully saturated rings. The molecule has 0 aliphatic heterocycles. The van der Waals surface area contributed by atoms with Gasteiger partial charge in [0.05, 0.1) is 10.3 Å². The lowest BCUT2D eigenvalue weighted by Crippen LogP contribution is -2.27. The summed E-state index contributed by atoms with van der Waals surface area (Å²) in [6, 6.07) is 7.39. The van der Waals surface area contributed by atoms with E-state index in [0.29, 0.717) is 4.78 Å². The van der Waals surface area contributed by atoms with Crippen LogP contribution in [0.5, 0.6) is 0 Å². The molecule has 0 saturated heterocycles. The van der Waals surface area contributed by atoms with Crippen molar-refractivity contribution in [1.29, 1.82) is 0 Å². The van der Waals surface area contributed by atoms with Crippen molar-refractivity contribution in [2.75, 3.05) is 0 Å². The topological polar surface area (TPSA) is 53.4 Å². The van der Waals surface area contributed by atoms with Crippen LogP contribution in [0.4, 0.5) is 0 Å². The molecule has 2 aromatic rings. The van der Waals surface area contributed by atoms with Gasteiger partial charge in [-0.25, -0.2) is 0 Å². The van der Waals surface area contributed by atoms with Crippen LogP contribution >= 0.6 is 11.5 Å². The Bertz CT molecular complexity index is 401. The first kappa shape index (κ1) is 7.73. The standard InChI is InChI=1S/C7H6BNO2S/c10-8(11)7-5-3-1-2-4-6(5)9-12-7/h1-4,10-11H. The smallest absolute Gasteiger partial charge is 0.423 e. The van der Waals surface area contributed by atoms with Crippen LogP contribution in [-0.4, -0.2) is 21.5 Å². The summed E-state index contributed by atoms with van der Waals surface area (Å²) in [7, 11) is -1.41. The molecule has 0 amide bonds. The predicted molar refractivity (Wildman–Crippen MR) is 49.4 cm³/mol. The summed E-state index contributed by atoms with van der Waals surface area (Å²) in [6.07, 6.45) is 0. The lowest BCUT2D eigenvalue weighted by Gasteiger charge is -1.92. The number of fused-ring (bicyclic) bond motifs is 1. The summed E-state index contributed by atoms with van der Waals surface area (Å²) >= 11 is 1.12. The van der Waals surface area contributed by atoms with Gasteiger partial charge in [0, 0.05) is 5.39 Å². The Kier molecular flexibility index (Phi) is 1.84. The summed E-state index contributed by atoms with van der Waals surface area (Å²) in [5.41, 5.74) is 0.811. The quantitative estimate of drug-likeness (QED) is 0.604. The molecule has 5 heteroatoms. The second-order valence-corrected chi connectivity index (χ2v) is 3.24. The Hall–Kier alpha value is -0.905. The summed E-state index contributed by atoms with van der Waals surface area (Å²) < 4.78 is 4.57. The second kappa shape index (κ2) is 2.86. The lowest BCUT2D eigenvalue weighted by atomic mass is 9.87. The van der Waals surface area contributed by atoms with Gasteiger partial charge < -0.3 is 10.0 Å². The largest absolute Gasteiger partial charge is 0.501 e. The molecule has 60 valence electrons. The maximum absolute atomic E-state index is 8.94. The number of rotatable bonds is 1. The minimum atomic E-state index is -1.41. The first-order valence-electron chi connectivity index (χ1n) is 3.49. The predicted octanol–water partition coefficient (Wildman–Crippen LogP) is -0.0239. The van der Waals surface area contributed by atoms with Gasteiger partial charge in [0.1, 0.15) is 0 Å². The molecule has 0 radical (unpaired) electrons. The zero-order valence-electron chi connectivity index (χ0n) is 6.14. The van der Waals surface area contributed by atoms with Gasteiger partial charge in [0.2, 0.25) is 0 Å². The number of aromatic nitrogens is 1. The summed E-state index contributed by atoms with van der Waals surface area (Å²) in [6.45, 7) is 0. The molecule has 1 aromatic heterocycles. The average molecular weight is 179 g/mol. The summed E-state index contributed by atoms with van der Waals surface area (Å²) in [4.78, 5) is 0. The van der Waals surface area contributed by atoms with E-state index in [0.717, 1.165) is 22.4 Å². The van der Waals surface area contributed by atoms with Crippen molar-refractivity contribution in [1.82, 2.24) is 4.37 Å². The number of benzene rings is 1. The Balaban J connectivity index is 2.70. The molecule has 1 aromatic carbocycles. The molecule has 0 aliphatic rings. The van der Waals surface area contributed by atoms with E-state index in [4.69, 9.17) is 10.0 Å². The molecule has 3 nitrogen and oxygen atoms in total. The molecule has 0 spiro atoms. The Morgan fingerprint density at radius 1 is 1.25 bits per heavy atom. The molecule has 0 aliphatic carbocycles. The third kappa shape index (κ3) is 1.12. The van der Waals surface area contributed by atoms with Gasteiger partial charge in [-0.15, -0.1) is 0 Å². The zero-order chi connectivity index (χ0) is 8.55. The second-order valence-electron chi connectivity index (χ2n) is 2.44. The van der Waals surface area contributed by atoms with Gasteiger partial charge in [-0.05, 0) is 17.6 Å². The Morgan fingerprint density at radius 2 is 2.00 bits per heavy atom. The molecule has 12 heavy (non-hydrogen) atoms. The SMILES string of the molecule is OB(O)c1snc2ccccc12. The van der Waals surface area contributed by atoms with Crippen molar-refractivity contribution in [2.24, 2.45) is 0 Å². The molecule has 2 N–H and O–H groups in total. The van der Waals surface area contributed by atoms with Gasteiger partial charge in [0.25, 0.3) is 0 Å². The van der Waals surface area contributed by atoms with Crippen molar-refractivity contribution < 1.29 is 10.0 Å². The highest BCUT2D eigenvalue weighted by atomic mass is 32.1. The minimum Gasteiger partial charge on any atom is -0.423 e. The fourth-order valence-corrected chi connectivity index (χ4v) is 1.82. The van der Waals surface area contributed by atoms with E-state index in [1.165, 1.54) is 0 Å². The normalized spacial score (nSPS) is 10.5. The van der Waals surface area contributed by atoms with Crippen molar-refractivity contribution in [3.8, 4) is 0 Å². The molecular weight excluding hydrogens is 173 g/mol. The van der Waals surface area contributed by atoms with Gasteiger partial charge >= 0.3 is 7.12 Å². The van der Waals surface area contributed by atoms with Crippen LogP contribution in [0.2, 0.25) is 0 Å². The van der Waals surface area contributed by atoms with Gasteiger partial charge in [0.15, 0.2) is 0 Å². The minimum absolute atomic E-state index is 0.505. The molecule has 0 saturated carbocycles. The van der Waals surface area contributed by atoms with E-state index in [1.807, 2.05) is 24.3 Å². The van der Waals surface area contributed by atoms with Crippen LogP contribution in [0.15, 0.2) is 24.3 Å². The maximum Gasteiger partial charge on any atom is 0.501 e. The van der Waals surface area contributed by atoms with E-state index in [9.17, 15) is 0 Å². The third-order valence-electron chi connectivity index (χ3n) is 1.65. The number of nitrogens with zero attached hydrogens (tertiary/aromatic N) is 1. The van der Waals surface area contributed by atoms with Gasteiger partial charge in [-0.3, -0.25) is 0 Å². The van der Waals surface area contributed by atoms with E-state index < -0.39 is 7.12 Å². The lowest BCUT2D eigenvalue weighted by molar-refractivity contribution is 0.427. The zero-order valence-corrected chi connectivity index (χ0v) is 6.95. The molecule has 2 rings (SSSR count). The van der Waals surface area contributed by atoms with Crippen molar-refractivity contribution >= 4 is 34.3 Å². The van der Waals surface area contributed by atoms with E-state index >= 15 is 0 Å². The molecule has 1 heterocycles. The van der Waals surface area contributed by atoms with Crippen molar-refractivity contribution in [3.05, 3.63) is 24.3 Å². The average Bonchev–Trinajstić information content (AvgIpc) is 2.47. The molecule has 0 bridgehead atoms. The van der Waals surface area contributed by atoms with Crippen LogP contribution in [0.3, 0.4) is 0 Å². The number of hydrogen-bond acceptors (Lipinski definition) is 4. The number of hydrogen-bond donors (Lipinski definition) is 2. The summed E-state index contributed by atoms with van der Waals surface area (Å²) in [5, 5.41) is 18.7. The third-order valence-corrected chi connectivity index (χ3v) is 2.56. The van der Waals surface area contributed by atoms with E-state index in [1.54, 1.807) is 0 Å². The first-order valence-corrected chi connectivity index (χ1v) is 4.27. The van der Waals surface area contributed by atoms with Crippen LogP contribution < -0.4 is 4.78 Å². The highest BCUT2D eigenvalue weighted by Gasteiger charge is 2.17. The van der Waals surface area contributed by atoms with Crippen LogP contribution in [-0.2, 0) is 0 Å². The van der Waals surface area contributed by atoms with E-state index in [-0.39, 0.29) is 0 Å². The van der Waals surface area contributed by atoms with Gasteiger partial charge in [-0.1, -0.05) is 18.2 Å². The fraction of sp³-hybridized carbons (Fsp3) is 0. The van der Waals surface area contributed by atoms with Crippen LogP contribution in [0, 0.1) is 0 Å². The van der Waals surface area contributed by atoms with Crippen LogP contribution in [0.25, 0.3) is 10.9 Å². The van der Waals surface area contributed by atoms with Crippen LogP contribution in [0.1, 0.15) is 0 Å². The highest BCUT2D eigenvalue weighted by Crippen LogP contribution is 2.11. The van der Waals surface area contributed by atoms with Gasteiger partial charge in [-0.2, -0.15) is 4.37 Å². The fourth-order valence-electron chi connectivity index (χ4n) is 1.10. The van der Waals surface area contributed by atoms with Crippen molar-refractivity contribution in [2.45, 2.75) is 0 Å². The van der Waals surface area contributed by atoms with Crippen molar-refractivity contribution in [3.63, 3.8) is 0 Å².